The van der Waals surface area contributed by atoms with E-state index in [2.05, 4.69) is 28.4 Å². The molecule has 6 heteroatoms. The highest BCUT2D eigenvalue weighted by molar-refractivity contribution is 5.69. The minimum atomic E-state index is -0.571. The number of hydrogen-bond acceptors (Lipinski definition) is 4. The Bertz CT molecular complexity index is 805. The Kier molecular flexibility index (Phi) is 7.44. The number of para-hydroxylation sites is 1. The van der Waals surface area contributed by atoms with Crippen LogP contribution in [0.4, 0.5) is 4.79 Å². The van der Waals surface area contributed by atoms with E-state index in [4.69, 9.17) is 9.47 Å². The molecule has 0 aliphatic heterocycles. The Morgan fingerprint density at radius 3 is 2.71 bits per heavy atom. The third-order valence-electron chi connectivity index (χ3n) is 3.78. The number of aromatic amines is 1. The number of ether oxygens (including phenoxy) is 2. The van der Waals surface area contributed by atoms with Crippen LogP contribution in [-0.2, 0) is 4.74 Å². The van der Waals surface area contributed by atoms with Gasteiger partial charge in [-0.25, -0.2) is 9.78 Å². The molecule has 150 valence electrons. The summed E-state index contributed by atoms with van der Waals surface area (Å²) in [5.41, 5.74) is 1.14. The van der Waals surface area contributed by atoms with Crippen molar-refractivity contribution in [1.82, 2.24) is 15.3 Å². The van der Waals surface area contributed by atoms with Crippen molar-refractivity contribution in [3.05, 3.63) is 61.6 Å². The molecule has 0 saturated carbocycles. The molecule has 0 spiro atoms. The first-order valence-electron chi connectivity index (χ1n) is 9.32. The maximum absolute atomic E-state index is 12.2. The van der Waals surface area contributed by atoms with Crippen LogP contribution >= 0.6 is 0 Å². The molecule has 28 heavy (non-hydrogen) atoms. The van der Waals surface area contributed by atoms with E-state index in [1.54, 1.807) is 12.3 Å². The largest absolute Gasteiger partial charge is 0.493 e. The number of benzene rings is 1. The second-order valence-corrected chi connectivity index (χ2v) is 7.33. The van der Waals surface area contributed by atoms with Gasteiger partial charge in [-0.2, -0.15) is 0 Å². The van der Waals surface area contributed by atoms with Gasteiger partial charge in [0.2, 0.25) is 0 Å². The maximum atomic E-state index is 12.2. The molecule has 1 aromatic heterocycles. The molecule has 1 amide bonds. The van der Waals surface area contributed by atoms with Crippen LogP contribution in [0.25, 0.3) is 11.3 Å². The third kappa shape index (κ3) is 6.30. The minimum Gasteiger partial charge on any atom is -0.493 e. The van der Waals surface area contributed by atoms with Crippen molar-refractivity contribution in [2.75, 3.05) is 6.61 Å². The number of rotatable bonds is 9. The molecular weight excluding hydrogens is 354 g/mol. The average molecular weight is 383 g/mol. The van der Waals surface area contributed by atoms with Crippen LogP contribution in [0, 0.1) is 0 Å². The van der Waals surface area contributed by atoms with Crippen molar-refractivity contribution in [2.24, 2.45) is 0 Å². The zero-order chi connectivity index (χ0) is 20.6. The lowest BCUT2D eigenvalue weighted by Crippen LogP contribution is -2.35. The fourth-order valence-electron chi connectivity index (χ4n) is 2.57. The number of carbonyl (C=O) groups is 1. The van der Waals surface area contributed by atoms with E-state index in [1.165, 1.54) is 0 Å². The summed E-state index contributed by atoms with van der Waals surface area (Å²) in [7, 11) is 0. The van der Waals surface area contributed by atoms with E-state index in [9.17, 15) is 4.79 Å². The normalized spacial score (nSPS) is 12.1. The molecule has 1 unspecified atom stereocenters. The predicted octanol–water partition coefficient (Wildman–Crippen LogP) is 5.17. The number of nitrogens with zero attached hydrogens (tertiary/aromatic N) is 1. The summed E-state index contributed by atoms with van der Waals surface area (Å²) in [6.45, 7) is 13.5. The van der Waals surface area contributed by atoms with Crippen LogP contribution in [0.1, 0.15) is 45.5 Å². The Morgan fingerprint density at radius 1 is 1.29 bits per heavy atom. The molecule has 2 rings (SSSR count). The summed E-state index contributed by atoms with van der Waals surface area (Å²) in [5.74, 6) is 1.39. The summed E-state index contributed by atoms with van der Waals surface area (Å²) in [6, 6.07) is 7.38. The topological polar surface area (TPSA) is 76.2 Å². The van der Waals surface area contributed by atoms with Crippen LogP contribution in [0.3, 0.4) is 0 Å². The highest BCUT2D eigenvalue weighted by atomic mass is 16.6. The van der Waals surface area contributed by atoms with Crippen molar-refractivity contribution in [2.45, 2.75) is 45.3 Å². The predicted molar refractivity (Wildman–Crippen MR) is 111 cm³/mol. The number of aromatic nitrogens is 2. The van der Waals surface area contributed by atoms with Crippen LogP contribution in [0.2, 0.25) is 0 Å². The first-order valence-corrected chi connectivity index (χ1v) is 9.32. The van der Waals surface area contributed by atoms with E-state index >= 15 is 0 Å². The molecule has 0 bridgehead atoms. The smallest absolute Gasteiger partial charge is 0.408 e. The number of nitrogens with one attached hydrogen (secondary N) is 2. The fourth-order valence-corrected chi connectivity index (χ4v) is 2.57. The lowest BCUT2D eigenvalue weighted by molar-refractivity contribution is 0.0502. The van der Waals surface area contributed by atoms with Crippen LogP contribution in [0.15, 0.2) is 55.8 Å². The summed E-state index contributed by atoms with van der Waals surface area (Å²) in [4.78, 5) is 19.9. The highest BCUT2D eigenvalue weighted by Crippen LogP contribution is 2.30. The molecule has 1 atom stereocenters. The van der Waals surface area contributed by atoms with E-state index in [1.807, 2.05) is 51.1 Å². The molecule has 1 heterocycles. The van der Waals surface area contributed by atoms with Gasteiger partial charge >= 0.3 is 6.09 Å². The van der Waals surface area contributed by atoms with Gasteiger partial charge in [0.15, 0.2) is 0 Å². The zero-order valence-electron chi connectivity index (χ0n) is 16.8. The van der Waals surface area contributed by atoms with Gasteiger partial charge in [0.1, 0.15) is 17.2 Å². The standard InChI is InChI=1S/C22H29N3O3/c1-6-8-14-27-19-13-10-9-12-16(19)18-15-23-20(24-18)17(11-7-2)25-21(26)28-22(3,4)5/h6-7,9-10,12-13,15,17H,1-2,8,11,14H2,3-5H3,(H,23,24)(H,25,26). The van der Waals surface area contributed by atoms with Crippen molar-refractivity contribution in [3.63, 3.8) is 0 Å². The molecule has 2 aromatic rings. The van der Waals surface area contributed by atoms with E-state index in [-0.39, 0.29) is 6.04 Å². The van der Waals surface area contributed by atoms with Gasteiger partial charge in [-0.1, -0.05) is 24.3 Å². The quantitative estimate of drug-likeness (QED) is 0.462. The Labute approximate surface area is 166 Å². The summed E-state index contributed by atoms with van der Waals surface area (Å²) < 4.78 is 11.2. The minimum absolute atomic E-state index is 0.366. The molecule has 2 N–H and O–H groups in total. The molecular formula is C22H29N3O3. The molecule has 6 nitrogen and oxygen atoms in total. The Morgan fingerprint density at radius 2 is 2.04 bits per heavy atom. The van der Waals surface area contributed by atoms with Crippen LogP contribution < -0.4 is 10.1 Å². The molecule has 1 aromatic carbocycles. The first kappa shape index (κ1) is 21.3. The van der Waals surface area contributed by atoms with Crippen molar-refractivity contribution >= 4 is 6.09 Å². The number of carbonyl (C=O) groups excluding carboxylic acids is 1. The Hall–Kier alpha value is -3.02. The van der Waals surface area contributed by atoms with Crippen molar-refractivity contribution in [1.29, 1.82) is 0 Å². The lowest BCUT2D eigenvalue weighted by Gasteiger charge is -2.22. The molecule has 0 saturated heterocycles. The van der Waals surface area contributed by atoms with Gasteiger partial charge in [-0.15, -0.1) is 13.2 Å². The number of amides is 1. The molecule has 0 radical (unpaired) electrons. The first-order chi connectivity index (χ1) is 13.3. The van der Waals surface area contributed by atoms with Gasteiger partial charge in [-0.3, -0.25) is 0 Å². The number of H-pyrrole nitrogens is 1. The fraction of sp³-hybridized carbons (Fsp3) is 0.364. The number of alkyl carbamates (subject to hydrolysis) is 1. The lowest BCUT2D eigenvalue weighted by atomic mass is 10.1. The molecule has 0 fully saturated rings. The third-order valence-corrected chi connectivity index (χ3v) is 3.78. The van der Waals surface area contributed by atoms with Gasteiger partial charge in [0.25, 0.3) is 0 Å². The molecule has 0 aliphatic rings. The van der Waals surface area contributed by atoms with Crippen LogP contribution in [0.5, 0.6) is 5.75 Å². The second kappa shape index (κ2) is 9.78. The van der Waals surface area contributed by atoms with Gasteiger partial charge in [0.05, 0.1) is 24.5 Å². The number of imidazole rings is 1. The van der Waals surface area contributed by atoms with Gasteiger partial charge in [-0.05, 0) is 45.7 Å². The summed E-state index contributed by atoms with van der Waals surface area (Å²) >= 11 is 0. The Balaban J connectivity index is 2.19. The van der Waals surface area contributed by atoms with Gasteiger partial charge < -0.3 is 19.8 Å². The summed E-state index contributed by atoms with van der Waals surface area (Å²) in [5, 5.41) is 2.84. The summed E-state index contributed by atoms with van der Waals surface area (Å²) in [6.07, 6.45) is 6.08. The molecule has 0 aliphatic carbocycles. The van der Waals surface area contributed by atoms with E-state index < -0.39 is 11.7 Å². The second-order valence-electron chi connectivity index (χ2n) is 7.33. The van der Waals surface area contributed by atoms with E-state index in [0.717, 1.165) is 23.4 Å². The monoisotopic (exact) mass is 383 g/mol. The van der Waals surface area contributed by atoms with Crippen molar-refractivity contribution < 1.29 is 14.3 Å². The number of hydrogen-bond donors (Lipinski definition) is 2. The maximum Gasteiger partial charge on any atom is 0.408 e. The zero-order valence-corrected chi connectivity index (χ0v) is 16.8. The average Bonchev–Trinajstić information content (AvgIpc) is 3.10. The van der Waals surface area contributed by atoms with Crippen LogP contribution in [-0.4, -0.2) is 28.3 Å². The van der Waals surface area contributed by atoms with Crippen molar-refractivity contribution in [3.8, 4) is 17.0 Å². The highest BCUT2D eigenvalue weighted by Gasteiger charge is 2.22. The SMILES string of the molecule is C=CCCOc1ccccc1-c1cnc(C(CC=C)NC(=O)OC(C)(C)C)[nH]1. The van der Waals surface area contributed by atoms with E-state index in [0.29, 0.717) is 18.9 Å². The van der Waals surface area contributed by atoms with Gasteiger partial charge in [0, 0.05) is 5.56 Å².